The molecule has 6 heteroatoms. The predicted molar refractivity (Wildman–Crippen MR) is 103 cm³/mol. The van der Waals surface area contributed by atoms with E-state index in [0.29, 0.717) is 24.3 Å². The number of nitrogens with one attached hydrogen (secondary N) is 1. The van der Waals surface area contributed by atoms with Crippen LogP contribution in [-0.4, -0.2) is 18.4 Å². The molecular weight excluding hydrogens is 338 g/mol. The summed E-state index contributed by atoms with van der Waals surface area (Å²) < 4.78 is 0. The average Bonchev–Trinajstić information content (AvgIpc) is 2.90. The Kier molecular flexibility index (Phi) is 5.69. The Bertz CT molecular complexity index is 787. The zero-order valence-corrected chi connectivity index (χ0v) is 15.1. The maximum absolute atomic E-state index is 12.7. The maximum atomic E-state index is 12.7. The van der Waals surface area contributed by atoms with Crippen LogP contribution in [-0.2, 0) is 9.59 Å². The van der Waals surface area contributed by atoms with E-state index in [9.17, 15) is 9.59 Å². The third-order valence-electron chi connectivity index (χ3n) is 4.26. The molecule has 1 heterocycles. The Balaban J connectivity index is 0.00000225. The van der Waals surface area contributed by atoms with Crippen molar-refractivity contribution in [2.24, 2.45) is 5.92 Å². The number of para-hydroxylation sites is 2. The molecule has 1 aliphatic heterocycles. The molecule has 0 radical (unpaired) electrons. The van der Waals surface area contributed by atoms with Crippen LogP contribution < -0.4 is 16.0 Å². The van der Waals surface area contributed by atoms with E-state index in [1.54, 1.807) is 29.2 Å². The largest absolute Gasteiger partial charge is 0.397 e. The van der Waals surface area contributed by atoms with Gasteiger partial charge in [0.05, 0.1) is 11.4 Å². The van der Waals surface area contributed by atoms with Crippen molar-refractivity contribution < 1.29 is 9.59 Å². The highest BCUT2D eigenvalue weighted by Crippen LogP contribution is 2.28. The van der Waals surface area contributed by atoms with Crippen LogP contribution in [0.4, 0.5) is 17.1 Å². The van der Waals surface area contributed by atoms with Crippen molar-refractivity contribution in [1.82, 2.24) is 0 Å². The van der Waals surface area contributed by atoms with Crippen molar-refractivity contribution in [3.05, 3.63) is 53.6 Å². The number of carbonyl (C=O) groups excluding carboxylic acids is 2. The van der Waals surface area contributed by atoms with Gasteiger partial charge in [-0.2, -0.15) is 0 Å². The molecule has 0 bridgehead atoms. The van der Waals surface area contributed by atoms with Crippen molar-refractivity contribution in [1.29, 1.82) is 0 Å². The number of nitrogen functional groups attached to an aromatic ring is 1. The fourth-order valence-electron chi connectivity index (χ4n) is 3.12. The number of halogens is 1. The van der Waals surface area contributed by atoms with Gasteiger partial charge in [0, 0.05) is 12.2 Å². The third-order valence-corrected chi connectivity index (χ3v) is 4.26. The first-order valence-electron chi connectivity index (χ1n) is 8.01. The lowest BCUT2D eigenvalue weighted by Crippen LogP contribution is -2.33. The Labute approximate surface area is 153 Å². The standard InChI is InChI=1S/C19H21N3O2.ClH/c1-12-9-13(2)11-14(10-12)22-8-7-15(19(22)24)18(23)21-17-6-4-3-5-16(17)20;/h3-6,9-11,15H,7-8,20H2,1-2H3,(H,21,23);1H. The molecule has 25 heavy (non-hydrogen) atoms. The lowest BCUT2D eigenvalue weighted by Gasteiger charge is -2.18. The van der Waals surface area contributed by atoms with E-state index in [1.807, 2.05) is 26.0 Å². The normalized spacial score (nSPS) is 16.5. The molecule has 1 aliphatic rings. The topological polar surface area (TPSA) is 75.4 Å². The van der Waals surface area contributed by atoms with Crippen molar-refractivity contribution >= 4 is 41.3 Å². The highest BCUT2D eigenvalue weighted by atomic mass is 35.5. The number of anilines is 3. The summed E-state index contributed by atoms with van der Waals surface area (Å²) in [5.41, 5.74) is 9.93. The van der Waals surface area contributed by atoms with Crippen LogP contribution in [0.15, 0.2) is 42.5 Å². The SMILES string of the molecule is Cc1cc(C)cc(N2CCC(C(=O)Nc3ccccc3N)C2=O)c1.Cl. The second kappa shape index (κ2) is 7.57. The Morgan fingerprint density at radius 2 is 1.80 bits per heavy atom. The molecule has 132 valence electrons. The first kappa shape index (κ1) is 18.8. The van der Waals surface area contributed by atoms with E-state index in [2.05, 4.69) is 11.4 Å². The summed E-state index contributed by atoms with van der Waals surface area (Å²) in [6.45, 7) is 4.54. The van der Waals surface area contributed by atoms with E-state index < -0.39 is 5.92 Å². The Morgan fingerprint density at radius 1 is 1.16 bits per heavy atom. The van der Waals surface area contributed by atoms with E-state index in [1.165, 1.54) is 0 Å². The lowest BCUT2D eigenvalue weighted by atomic mass is 10.1. The monoisotopic (exact) mass is 359 g/mol. The number of nitrogens with two attached hydrogens (primary N) is 1. The zero-order chi connectivity index (χ0) is 17.3. The number of benzene rings is 2. The van der Waals surface area contributed by atoms with Crippen LogP contribution in [0, 0.1) is 19.8 Å². The van der Waals surface area contributed by atoms with E-state index in [4.69, 9.17) is 5.73 Å². The molecule has 0 saturated carbocycles. The Hall–Kier alpha value is -2.53. The van der Waals surface area contributed by atoms with Gasteiger partial charge in [0.25, 0.3) is 0 Å². The van der Waals surface area contributed by atoms with Gasteiger partial charge in [-0.05, 0) is 55.7 Å². The first-order chi connectivity index (χ1) is 11.5. The maximum Gasteiger partial charge on any atom is 0.239 e. The van der Waals surface area contributed by atoms with Gasteiger partial charge in [-0.25, -0.2) is 0 Å². The highest BCUT2D eigenvalue weighted by Gasteiger charge is 2.37. The number of hydrogen-bond acceptors (Lipinski definition) is 3. The average molecular weight is 360 g/mol. The fraction of sp³-hybridized carbons (Fsp3) is 0.263. The number of amides is 2. The van der Waals surface area contributed by atoms with E-state index in [0.717, 1.165) is 16.8 Å². The number of aryl methyl sites for hydroxylation is 2. The molecule has 1 atom stereocenters. The minimum absolute atomic E-state index is 0. The molecule has 2 aromatic carbocycles. The number of hydrogen-bond donors (Lipinski definition) is 2. The number of nitrogens with zero attached hydrogens (tertiary/aromatic N) is 1. The molecular formula is C19H22ClN3O2. The van der Waals surface area contributed by atoms with Gasteiger partial charge in [0.2, 0.25) is 11.8 Å². The van der Waals surface area contributed by atoms with Crippen molar-refractivity contribution in [2.75, 3.05) is 22.5 Å². The smallest absolute Gasteiger partial charge is 0.239 e. The summed E-state index contributed by atoms with van der Waals surface area (Å²) in [5.74, 6) is -1.14. The molecule has 1 saturated heterocycles. The van der Waals surface area contributed by atoms with Crippen molar-refractivity contribution in [2.45, 2.75) is 20.3 Å². The molecule has 5 nitrogen and oxygen atoms in total. The second-order valence-corrected chi connectivity index (χ2v) is 6.25. The van der Waals surface area contributed by atoms with Gasteiger partial charge in [0.15, 0.2) is 0 Å². The van der Waals surface area contributed by atoms with Gasteiger partial charge >= 0.3 is 0 Å². The minimum atomic E-state index is -0.676. The summed E-state index contributed by atoms with van der Waals surface area (Å²) in [5, 5.41) is 2.77. The quantitative estimate of drug-likeness (QED) is 0.652. The van der Waals surface area contributed by atoms with Crippen molar-refractivity contribution in [3.63, 3.8) is 0 Å². The van der Waals surface area contributed by atoms with Crippen molar-refractivity contribution in [3.8, 4) is 0 Å². The highest BCUT2D eigenvalue weighted by molar-refractivity contribution is 6.13. The molecule has 3 rings (SSSR count). The van der Waals surface area contributed by atoms with Gasteiger partial charge in [-0.3, -0.25) is 9.59 Å². The summed E-state index contributed by atoms with van der Waals surface area (Å²) in [6.07, 6.45) is 0.504. The van der Waals surface area contributed by atoms with Gasteiger partial charge in [-0.1, -0.05) is 18.2 Å². The van der Waals surface area contributed by atoms with Crippen LogP contribution in [0.25, 0.3) is 0 Å². The molecule has 2 aromatic rings. The molecule has 3 N–H and O–H groups in total. The summed E-state index contributed by atoms with van der Waals surface area (Å²) in [4.78, 5) is 26.8. The van der Waals surface area contributed by atoms with E-state index in [-0.39, 0.29) is 24.2 Å². The Morgan fingerprint density at radius 3 is 2.44 bits per heavy atom. The molecule has 0 aromatic heterocycles. The molecule has 0 aliphatic carbocycles. The van der Waals surface area contributed by atoms with Gasteiger partial charge in [-0.15, -0.1) is 12.4 Å². The number of carbonyl (C=O) groups is 2. The van der Waals surface area contributed by atoms with Gasteiger partial charge in [0.1, 0.15) is 5.92 Å². The van der Waals surface area contributed by atoms with Crippen LogP contribution in [0.5, 0.6) is 0 Å². The molecule has 2 amide bonds. The summed E-state index contributed by atoms with van der Waals surface area (Å²) in [7, 11) is 0. The summed E-state index contributed by atoms with van der Waals surface area (Å²) >= 11 is 0. The van der Waals surface area contributed by atoms with Crippen LogP contribution >= 0.6 is 12.4 Å². The molecule has 0 spiro atoms. The fourth-order valence-corrected chi connectivity index (χ4v) is 3.12. The zero-order valence-electron chi connectivity index (χ0n) is 14.3. The predicted octanol–water partition coefficient (Wildman–Crippen LogP) is 3.30. The summed E-state index contributed by atoms with van der Waals surface area (Å²) in [6, 6.07) is 13.0. The first-order valence-corrected chi connectivity index (χ1v) is 8.01. The van der Waals surface area contributed by atoms with Crippen LogP contribution in [0.2, 0.25) is 0 Å². The van der Waals surface area contributed by atoms with Crippen LogP contribution in [0.3, 0.4) is 0 Å². The number of rotatable bonds is 3. The second-order valence-electron chi connectivity index (χ2n) is 6.25. The minimum Gasteiger partial charge on any atom is -0.397 e. The van der Waals surface area contributed by atoms with Crippen LogP contribution in [0.1, 0.15) is 17.5 Å². The molecule has 1 unspecified atom stereocenters. The third kappa shape index (κ3) is 3.94. The van der Waals surface area contributed by atoms with E-state index >= 15 is 0 Å². The van der Waals surface area contributed by atoms with Gasteiger partial charge < -0.3 is 16.0 Å². The lowest BCUT2D eigenvalue weighted by molar-refractivity contribution is -0.129. The molecule has 1 fully saturated rings.